The second-order valence-electron chi connectivity index (χ2n) is 6.85. The fraction of sp³-hybridized carbons (Fsp3) is 0.0833. The molecule has 0 radical (unpaired) electrons. The summed E-state index contributed by atoms with van der Waals surface area (Å²) >= 11 is 0. The molecule has 0 aliphatic heterocycles. The molecule has 2 amide bonds. The van der Waals surface area contributed by atoms with Crippen LogP contribution >= 0.6 is 0 Å². The fourth-order valence-corrected chi connectivity index (χ4v) is 2.61. The Morgan fingerprint density at radius 1 is 0.844 bits per heavy atom. The van der Waals surface area contributed by atoms with Gasteiger partial charge < -0.3 is 10.1 Å². The summed E-state index contributed by atoms with van der Waals surface area (Å²) in [6, 6.07) is 19.0. The van der Waals surface area contributed by atoms with Crippen molar-refractivity contribution in [3.8, 4) is 5.75 Å². The molecule has 0 bridgehead atoms. The molecule has 32 heavy (non-hydrogen) atoms. The Bertz CT molecular complexity index is 1170. The van der Waals surface area contributed by atoms with E-state index in [2.05, 4.69) is 15.8 Å². The van der Waals surface area contributed by atoms with E-state index in [9.17, 15) is 18.8 Å². The van der Waals surface area contributed by atoms with Crippen LogP contribution in [0.1, 0.15) is 28.4 Å². The number of halogens is 1. The topological polar surface area (TPSA) is 96.9 Å². The number of esters is 1. The first-order valence-corrected chi connectivity index (χ1v) is 9.63. The molecule has 0 heterocycles. The quantitative estimate of drug-likeness (QED) is 0.210. The number of hydrazone groups is 1. The van der Waals surface area contributed by atoms with Crippen molar-refractivity contribution in [1.29, 1.82) is 0 Å². The molecule has 0 aromatic heterocycles. The van der Waals surface area contributed by atoms with E-state index in [4.69, 9.17) is 4.74 Å². The van der Waals surface area contributed by atoms with Crippen LogP contribution in [0.4, 0.5) is 10.1 Å². The van der Waals surface area contributed by atoms with E-state index in [-0.39, 0.29) is 5.69 Å². The average molecular weight is 433 g/mol. The molecule has 0 fully saturated rings. The minimum atomic E-state index is -1.05. The molecular weight excluding hydrogens is 413 g/mol. The largest absolute Gasteiger partial charge is 0.423 e. The van der Waals surface area contributed by atoms with Gasteiger partial charge in [0.2, 0.25) is 0 Å². The number of aryl methyl sites for hydroxylation is 1. The minimum Gasteiger partial charge on any atom is -0.423 e. The summed E-state index contributed by atoms with van der Waals surface area (Å²) in [5.41, 5.74) is 4.54. The summed E-state index contributed by atoms with van der Waals surface area (Å²) in [6.07, 6.45) is 0. The summed E-state index contributed by atoms with van der Waals surface area (Å²) in [7, 11) is 0. The molecule has 3 aromatic rings. The molecule has 3 aromatic carbocycles. The van der Waals surface area contributed by atoms with Crippen molar-refractivity contribution in [1.82, 2.24) is 5.43 Å². The van der Waals surface area contributed by atoms with Crippen molar-refractivity contribution in [2.45, 2.75) is 13.8 Å². The molecule has 0 unspecified atom stereocenters. The monoisotopic (exact) mass is 433 g/mol. The van der Waals surface area contributed by atoms with Crippen LogP contribution < -0.4 is 15.5 Å². The predicted octanol–water partition coefficient (Wildman–Crippen LogP) is 3.83. The van der Waals surface area contributed by atoms with Gasteiger partial charge in [-0.25, -0.2) is 14.6 Å². The molecule has 0 spiro atoms. The van der Waals surface area contributed by atoms with E-state index in [0.29, 0.717) is 22.6 Å². The molecule has 0 saturated heterocycles. The van der Waals surface area contributed by atoms with Crippen molar-refractivity contribution in [2.75, 3.05) is 5.32 Å². The first-order valence-electron chi connectivity index (χ1n) is 9.63. The number of nitrogens with one attached hydrogen (secondary N) is 2. The van der Waals surface area contributed by atoms with Crippen LogP contribution in [0, 0.1) is 12.7 Å². The van der Waals surface area contributed by atoms with Gasteiger partial charge in [-0.3, -0.25) is 9.59 Å². The molecule has 0 aliphatic carbocycles. The number of hydrogen-bond donors (Lipinski definition) is 2. The average Bonchev–Trinajstić information content (AvgIpc) is 2.79. The summed E-state index contributed by atoms with van der Waals surface area (Å²) in [6.45, 7) is 3.55. The summed E-state index contributed by atoms with van der Waals surface area (Å²) in [5.74, 6) is -2.88. The molecule has 0 atom stereocenters. The highest BCUT2D eigenvalue weighted by Crippen LogP contribution is 2.15. The molecule has 7 nitrogen and oxygen atoms in total. The van der Waals surface area contributed by atoms with Gasteiger partial charge >= 0.3 is 17.8 Å². The third kappa shape index (κ3) is 5.85. The molecule has 2 N–H and O–H groups in total. The second kappa shape index (κ2) is 10.1. The van der Waals surface area contributed by atoms with Gasteiger partial charge in [-0.1, -0.05) is 29.8 Å². The van der Waals surface area contributed by atoms with Crippen LogP contribution in [0.2, 0.25) is 0 Å². The van der Waals surface area contributed by atoms with E-state index >= 15 is 0 Å². The highest BCUT2D eigenvalue weighted by molar-refractivity contribution is 6.39. The minimum absolute atomic E-state index is 0.107. The standard InChI is InChI=1S/C24H20FN3O4/c1-15-7-9-18(10-8-15)24(31)32-19-13-11-17(12-14-19)16(2)27-28-23(30)22(29)26-21-6-4-3-5-20(21)25/h3-14H,1-2H3,(H,26,29)(H,28,30)/b27-16+. The maximum Gasteiger partial charge on any atom is 0.343 e. The van der Waals surface area contributed by atoms with Crippen LogP contribution in [0.25, 0.3) is 0 Å². The lowest BCUT2D eigenvalue weighted by Gasteiger charge is -2.07. The number of amides is 2. The van der Waals surface area contributed by atoms with Crippen molar-refractivity contribution in [2.24, 2.45) is 5.10 Å². The third-order valence-corrected chi connectivity index (χ3v) is 4.42. The van der Waals surface area contributed by atoms with Crippen LogP contribution in [0.5, 0.6) is 5.75 Å². The van der Waals surface area contributed by atoms with Crippen molar-refractivity contribution in [3.63, 3.8) is 0 Å². The van der Waals surface area contributed by atoms with E-state index in [1.54, 1.807) is 43.3 Å². The van der Waals surface area contributed by atoms with Gasteiger partial charge in [-0.05, 0) is 67.9 Å². The third-order valence-electron chi connectivity index (χ3n) is 4.42. The van der Waals surface area contributed by atoms with Gasteiger partial charge in [0.15, 0.2) is 0 Å². The van der Waals surface area contributed by atoms with Crippen molar-refractivity contribution < 1.29 is 23.5 Å². The Hall–Kier alpha value is -4.33. The molecule has 0 saturated carbocycles. The number of ether oxygens (including phenoxy) is 1. The van der Waals surface area contributed by atoms with Gasteiger partial charge in [0.1, 0.15) is 11.6 Å². The van der Waals surface area contributed by atoms with Gasteiger partial charge in [0.05, 0.1) is 17.0 Å². The van der Waals surface area contributed by atoms with E-state index in [1.165, 1.54) is 18.2 Å². The number of carbonyl (C=O) groups is 3. The fourth-order valence-electron chi connectivity index (χ4n) is 2.61. The number of rotatable bonds is 5. The Balaban J connectivity index is 1.57. The van der Waals surface area contributed by atoms with E-state index < -0.39 is 23.6 Å². The van der Waals surface area contributed by atoms with E-state index in [0.717, 1.165) is 11.6 Å². The molecule has 0 aliphatic rings. The number of anilines is 1. The highest BCUT2D eigenvalue weighted by Gasteiger charge is 2.15. The van der Waals surface area contributed by atoms with Gasteiger partial charge in [0.25, 0.3) is 0 Å². The lowest BCUT2D eigenvalue weighted by Crippen LogP contribution is -2.33. The van der Waals surface area contributed by atoms with Crippen LogP contribution in [-0.2, 0) is 9.59 Å². The maximum atomic E-state index is 13.6. The van der Waals surface area contributed by atoms with E-state index in [1.807, 2.05) is 19.1 Å². The number of nitrogens with zero attached hydrogens (tertiary/aromatic N) is 1. The molecule has 3 rings (SSSR count). The second-order valence-corrected chi connectivity index (χ2v) is 6.85. The number of para-hydroxylation sites is 1. The zero-order chi connectivity index (χ0) is 23.1. The number of carbonyl (C=O) groups excluding carboxylic acids is 3. The van der Waals surface area contributed by atoms with Gasteiger partial charge in [0, 0.05) is 0 Å². The lowest BCUT2D eigenvalue weighted by atomic mass is 10.1. The SMILES string of the molecule is C/C(=N\NC(=O)C(=O)Nc1ccccc1F)c1ccc(OC(=O)c2ccc(C)cc2)cc1. The number of benzene rings is 3. The zero-order valence-electron chi connectivity index (χ0n) is 17.4. The summed E-state index contributed by atoms with van der Waals surface area (Å²) in [5, 5.41) is 6.05. The Kier molecular flexibility index (Phi) is 7.07. The van der Waals surface area contributed by atoms with Crippen molar-refractivity contribution >= 4 is 29.2 Å². The zero-order valence-corrected chi connectivity index (χ0v) is 17.4. The van der Waals surface area contributed by atoms with Crippen LogP contribution in [0.3, 0.4) is 0 Å². The van der Waals surface area contributed by atoms with Crippen LogP contribution in [-0.4, -0.2) is 23.5 Å². The smallest absolute Gasteiger partial charge is 0.343 e. The first kappa shape index (κ1) is 22.4. The lowest BCUT2D eigenvalue weighted by molar-refractivity contribution is -0.136. The molecular formula is C24H20FN3O4. The molecule has 8 heteroatoms. The summed E-state index contributed by atoms with van der Waals surface area (Å²) < 4.78 is 18.9. The normalized spacial score (nSPS) is 10.9. The Morgan fingerprint density at radius 3 is 2.12 bits per heavy atom. The highest BCUT2D eigenvalue weighted by atomic mass is 19.1. The van der Waals surface area contributed by atoms with Gasteiger partial charge in [-0.15, -0.1) is 0 Å². The summed E-state index contributed by atoms with van der Waals surface area (Å²) in [4.78, 5) is 36.0. The first-order chi connectivity index (χ1) is 15.3. The molecule has 162 valence electrons. The Labute approximate surface area is 183 Å². The predicted molar refractivity (Wildman–Crippen MR) is 118 cm³/mol. The Morgan fingerprint density at radius 2 is 1.47 bits per heavy atom. The van der Waals surface area contributed by atoms with Crippen LogP contribution in [0.15, 0.2) is 77.9 Å². The van der Waals surface area contributed by atoms with Gasteiger partial charge in [-0.2, -0.15) is 5.10 Å². The van der Waals surface area contributed by atoms with Crippen molar-refractivity contribution in [3.05, 3.63) is 95.3 Å². The maximum absolute atomic E-state index is 13.6. The number of hydrogen-bond acceptors (Lipinski definition) is 5.